The van der Waals surface area contributed by atoms with Crippen LogP contribution in [0, 0.1) is 5.92 Å². The zero-order chi connectivity index (χ0) is 13.8. The normalized spacial score (nSPS) is 20.9. The van der Waals surface area contributed by atoms with Gasteiger partial charge >= 0.3 is 0 Å². The SMILES string of the molecule is O=C(Cc1ccc2c(c1)CCC2)NCCC1CCNC1. The molecule has 1 aromatic carbocycles. The Balaban J connectivity index is 1.44. The summed E-state index contributed by atoms with van der Waals surface area (Å²) in [6.07, 6.45) is 6.52. The third-order valence-corrected chi connectivity index (χ3v) is 4.56. The highest BCUT2D eigenvalue weighted by molar-refractivity contribution is 5.78. The van der Waals surface area contributed by atoms with Gasteiger partial charge in [0.25, 0.3) is 0 Å². The number of fused-ring (bicyclic) bond motifs is 1. The van der Waals surface area contributed by atoms with E-state index >= 15 is 0 Å². The summed E-state index contributed by atoms with van der Waals surface area (Å²) in [6, 6.07) is 6.54. The number of nitrogens with one attached hydrogen (secondary N) is 2. The van der Waals surface area contributed by atoms with Gasteiger partial charge in [-0.25, -0.2) is 0 Å². The molecule has 0 aromatic heterocycles. The Morgan fingerprint density at radius 3 is 3.05 bits per heavy atom. The molecule has 1 amide bonds. The van der Waals surface area contributed by atoms with Crippen LogP contribution >= 0.6 is 0 Å². The predicted molar refractivity (Wildman–Crippen MR) is 80.8 cm³/mol. The van der Waals surface area contributed by atoms with Crippen molar-refractivity contribution >= 4 is 5.91 Å². The van der Waals surface area contributed by atoms with E-state index in [1.165, 1.54) is 36.8 Å². The van der Waals surface area contributed by atoms with Crippen LogP contribution in [0.15, 0.2) is 18.2 Å². The van der Waals surface area contributed by atoms with Gasteiger partial charge in [0.2, 0.25) is 5.91 Å². The van der Waals surface area contributed by atoms with Crippen molar-refractivity contribution in [2.45, 2.75) is 38.5 Å². The summed E-state index contributed by atoms with van der Waals surface area (Å²) in [7, 11) is 0. The van der Waals surface area contributed by atoms with E-state index in [1.807, 2.05) is 0 Å². The van der Waals surface area contributed by atoms with Gasteiger partial charge in [0.15, 0.2) is 0 Å². The van der Waals surface area contributed by atoms with E-state index in [0.29, 0.717) is 6.42 Å². The molecule has 2 N–H and O–H groups in total. The second kappa shape index (κ2) is 6.40. The van der Waals surface area contributed by atoms with Gasteiger partial charge in [0.1, 0.15) is 0 Å². The van der Waals surface area contributed by atoms with Gasteiger partial charge in [-0.05, 0) is 67.8 Å². The fourth-order valence-corrected chi connectivity index (χ4v) is 3.36. The van der Waals surface area contributed by atoms with Crippen LogP contribution in [0.3, 0.4) is 0 Å². The van der Waals surface area contributed by atoms with Crippen LogP contribution in [0.5, 0.6) is 0 Å². The minimum atomic E-state index is 0.161. The van der Waals surface area contributed by atoms with Crippen LogP contribution in [0.25, 0.3) is 0 Å². The van der Waals surface area contributed by atoms with E-state index in [1.54, 1.807) is 0 Å². The van der Waals surface area contributed by atoms with E-state index in [-0.39, 0.29) is 5.91 Å². The van der Waals surface area contributed by atoms with E-state index in [0.717, 1.165) is 37.5 Å². The monoisotopic (exact) mass is 272 g/mol. The zero-order valence-corrected chi connectivity index (χ0v) is 12.1. The van der Waals surface area contributed by atoms with E-state index in [9.17, 15) is 4.79 Å². The van der Waals surface area contributed by atoms with Crippen molar-refractivity contribution in [1.29, 1.82) is 0 Å². The largest absolute Gasteiger partial charge is 0.356 e. The molecule has 1 fully saturated rings. The third-order valence-electron chi connectivity index (χ3n) is 4.56. The molecule has 1 aromatic rings. The summed E-state index contributed by atoms with van der Waals surface area (Å²) in [5.74, 6) is 0.907. The van der Waals surface area contributed by atoms with Crippen LogP contribution in [0.1, 0.15) is 36.0 Å². The fraction of sp³-hybridized carbons (Fsp3) is 0.588. The van der Waals surface area contributed by atoms with Crippen LogP contribution in [-0.4, -0.2) is 25.5 Å². The molecule has 1 aliphatic carbocycles. The second-order valence-electron chi connectivity index (χ2n) is 6.13. The smallest absolute Gasteiger partial charge is 0.224 e. The fourth-order valence-electron chi connectivity index (χ4n) is 3.36. The Labute approximate surface area is 121 Å². The Morgan fingerprint density at radius 2 is 2.20 bits per heavy atom. The van der Waals surface area contributed by atoms with Crippen molar-refractivity contribution in [1.82, 2.24) is 10.6 Å². The molecule has 20 heavy (non-hydrogen) atoms. The molecule has 3 nitrogen and oxygen atoms in total. The maximum atomic E-state index is 12.0. The van der Waals surface area contributed by atoms with E-state index in [2.05, 4.69) is 28.8 Å². The van der Waals surface area contributed by atoms with Crippen molar-refractivity contribution in [3.05, 3.63) is 34.9 Å². The molecule has 0 bridgehead atoms. The average Bonchev–Trinajstić information content (AvgIpc) is 3.08. The molecular formula is C17H24N2O. The molecule has 1 heterocycles. The number of amides is 1. The summed E-state index contributed by atoms with van der Waals surface area (Å²) in [4.78, 5) is 12.0. The Hall–Kier alpha value is -1.35. The highest BCUT2D eigenvalue weighted by atomic mass is 16.1. The number of carbonyl (C=O) groups excluding carboxylic acids is 1. The van der Waals surface area contributed by atoms with E-state index in [4.69, 9.17) is 0 Å². The molecule has 3 rings (SSSR count). The molecule has 0 radical (unpaired) electrons. The number of carbonyl (C=O) groups is 1. The van der Waals surface area contributed by atoms with E-state index < -0.39 is 0 Å². The van der Waals surface area contributed by atoms with Crippen LogP contribution < -0.4 is 10.6 Å². The summed E-state index contributed by atoms with van der Waals surface area (Å²) in [5, 5.41) is 6.42. The van der Waals surface area contributed by atoms with Crippen molar-refractivity contribution in [3.8, 4) is 0 Å². The Morgan fingerprint density at radius 1 is 1.30 bits per heavy atom. The number of benzene rings is 1. The zero-order valence-electron chi connectivity index (χ0n) is 12.1. The molecule has 108 valence electrons. The topological polar surface area (TPSA) is 41.1 Å². The molecule has 3 heteroatoms. The Kier molecular flexibility index (Phi) is 4.36. The highest BCUT2D eigenvalue weighted by Gasteiger charge is 2.15. The molecule has 2 aliphatic rings. The molecule has 0 saturated carbocycles. The first-order valence-electron chi connectivity index (χ1n) is 7.89. The number of aryl methyl sites for hydroxylation is 2. The predicted octanol–water partition coefficient (Wildman–Crippen LogP) is 1.83. The van der Waals surface area contributed by atoms with Crippen LogP contribution in [0.4, 0.5) is 0 Å². The number of hydrogen-bond acceptors (Lipinski definition) is 2. The molecule has 1 aliphatic heterocycles. The van der Waals surface area contributed by atoms with Gasteiger partial charge in [0, 0.05) is 6.54 Å². The molecule has 1 saturated heterocycles. The van der Waals surface area contributed by atoms with Crippen molar-refractivity contribution < 1.29 is 4.79 Å². The lowest BCUT2D eigenvalue weighted by Gasteiger charge is -2.10. The average molecular weight is 272 g/mol. The first-order chi connectivity index (χ1) is 9.81. The summed E-state index contributed by atoms with van der Waals surface area (Å²) in [5.41, 5.74) is 4.08. The second-order valence-corrected chi connectivity index (χ2v) is 6.13. The lowest BCUT2D eigenvalue weighted by Crippen LogP contribution is -2.27. The maximum absolute atomic E-state index is 12.0. The maximum Gasteiger partial charge on any atom is 0.224 e. The Bertz CT molecular complexity index is 478. The summed E-state index contributed by atoms with van der Waals surface area (Å²) < 4.78 is 0. The lowest BCUT2D eigenvalue weighted by molar-refractivity contribution is -0.120. The van der Waals surface area contributed by atoms with Crippen molar-refractivity contribution in [2.24, 2.45) is 5.92 Å². The van der Waals surface area contributed by atoms with Gasteiger partial charge in [-0.1, -0.05) is 18.2 Å². The highest BCUT2D eigenvalue weighted by Crippen LogP contribution is 2.22. The lowest BCUT2D eigenvalue weighted by atomic mass is 10.0. The number of hydrogen-bond donors (Lipinski definition) is 2. The van der Waals surface area contributed by atoms with Gasteiger partial charge in [-0.3, -0.25) is 4.79 Å². The van der Waals surface area contributed by atoms with Gasteiger partial charge in [-0.15, -0.1) is 0 Å². The van der Waals surface area contributed by atoms with Gasteiger partial charge in [-0.2, -0.15) is 0 Å². The molecule has 1 atom stereocenters. The minimum absolute atomic E-state index is 0.161. The molecular weight excluding hydrogens is 248 g/mol. The van der Waals surface area contributed by atoms with Crippen molar-refractivity contribution in [3.63, 3.8) is 0 Å². The standard InChI is InChI=1S/C17H24N2O/c20-17(19-9-7-13-6-8-18-12-13)11-14-4-5-15-2-1-3-16(15)10-14/h4-5,10,13,18H,1-3,6-9,11-12H2,(H,19,20). The minimum Gasteiger partial charge on any atom is -0.356 e. The first kappa shape index (κ1) is 13.6. The molecule has 1 unspecified atom stereocenters. The quantitative estimate of drug-likeness (QED) is 0.858. The van der Waals surface area contributed by atoms with Gasteiger partial charge in [0.05, 0.1) is 6.42 Å². The number of rotatable bonds is 5. The van der Waals surface area contributed by atoms with Crippen LogP contribution in [0.2, 0.25) is 0 Å². The van der Waals surface area contributed by atoms with Crippen molar-refractivity contribution in [2.75, 3.05) is 19.6 Å². The first-order valence-corrected chi connectivity index (χ1v) is 7.89. The van der Waals surface area contributed by atoms with Crippen LogP contribution in [-0.2, 0) is 24.1 Å². The van der Waals surface area contributed by atoms with Gasteiger partial charge < -0.3 is 10.6 Å². The molecule has 0 spiro atoms. The summed E-state index contributed by atoms with van der Waals surface area (Å²) in [6.45, 7) is 3.06. The third kappa shape index (κ3) is 3.40. The summed E-state index contributed by atoms with van der Waals surface area (Å²) >= 11 is 0.